The second-order valence-corrected chi connectivity index (χ2v) is 8.93. The van der Waals surface area contributed by atoms with Crippen molar-refractivity contribution in [3.8, 4) is 0 Å². The van der Waals surface area contributed by atoms with E-state index in [4.69, 9.17) is 5.73 Å². The molecule has 1 aliphatic heterocycles. The van der Waals surface area contributed by atoms with Gasteiger partial charge >= 0.3 is 0 Å². The fourth-order valence-electron chi connectivity index (χ4n) is 2.05. The number of hydrogen-bond donors (Lipinski definition) is 1. The molecule has 0 unspecified atom stereocenters. The average molecular weight is 304 g/mol. The highest BCUT2D eigenvalue weighted by molar-refractivity contribution is 7.95. The Morgan fingerprint density at radius 1 is 1.21 bits per heavy atom. The molecular weight excluding hydrogens is 288 g/mol. The molecule has 1 aliphatic rings. The maximum absolute atomic E-state index is 12.2. The summed E-state index contributed by atoms with van der Waals surface area (Å²) in [5, 5.41) is 0. The second-order valence-electron chi connectivity index (χ2n) is 4.66. The Kier molecular flexibility index (Phi) is 3.48. The molecule has 0 fully saturated rings. The third-order valence-corrected chi connectivity index (χ3v) is 5.98. The largest absolute Gasteiger partial charge is 0.399 e. The van der Waals surface area contributed by atoms with Crippen molar-refractivity contribution >= 4 is 31.2 Å². The monoisotopic (exact) mass is 304 g/mol. The normalized spacial score (nSPS) is 15.5. The fourth-order valence-corrected chi connectivity index (χ4v) is 5.17. The smallest absolute Gasteiger partial charge is 0.236 e. The molecule has 1 aromatic carbocycles. The van der Waals surface area contributed by atoms with E-state index in [9.17, 15) is 16.8 Å². The molecule has 1 aromatic rings. The van der Waals surface area contributed by atoms with Crippen LogP contribution in [0.3, 0.4) is 0 Å². The van der Waals surface area contributed by atoms with Crippen LogP contribution in [0.1, 0.15) is 5.56 Å². The first-order valence-electron chi connectivity index (χ1n) is 5.75. The Morgan fingerprint density at radius 3 is 2.53 bits per heavy atom. The van der Waals surface area contributed by atoms with E-state index in [0.29, 0.717) is 24.3 Å². The molecule has 19 heavy (non-hydrogen) atoms. The quantitative estimate of drug-likeness (QED) is 0.790. The predicted octanol–water partition coefficient (Wildman–Crippen LogP) is 0.00570. The van der Waals surface area contributed by atoms with Crippen molar-refractivity contribution < 1.29 is 16.8 Å². The van der Waals surface area contributed by atoms with E-state index in [1.54, 1.807) is 18.2 Å². The van der Waals surface area contributed by atoms with Crippen molar-refractivity contribution in [2.45, 2.75) is 6.42 Å². The summed E-state index contributed by atoms with van der Waals surface area (Å²) in [6.07, 6.45) is 1.62. The maximum atomic E-state index is 12.2. The first-order valence-corrected chi connectivity index (χ1v) is 9.42. The minimum atomic E-state index is -3.61. The molecule has 2 N–H and O–H groups in total. The summed E-state index contributed by atoms with van der Waals surface area (Å²) in [4.78, 5) is 0. The van der Waals surface area contributed by atoms with Crippen molar-refractivity contribution in [1.82, 2.24) is 0 Å². The molecule has 106 valence electrons. The summed E-state index contributed by atoms with van der Waals surface area (Å²) in [6, 6.07) is 5.06. The number of anilines is 2. The first-order chi connectivity index (χ1) is 8.69. The molecule has 0 saturated heterocycles. The zero-order valence-corrected chi connectivity index (χ0v) is 12.2. The van der Waals surface area contributed by atoms with Crippen molar-refractivity contribution in [2.24, 2.45) is 0 Å². The van der Waals surface area contributed by atoms with Gasteiger partial charge in [-0.25, -0.2) is 16.8 Å². The van der Waals surface area contributed by atoms with Gasteiger partial charge in [-0.05, 0) is 30.2 Å². The van der Waals surface area contributed by atoms with Crippen LogP contribution >= 0.6 is 0 Å². The van der Waals surface area contributed by atoms with E-state index in [2.05, 4.69) is 0 Å². The van der Waals surface area contributed by atoms with Crippen LogP contribution in [-0.2, 0) is 26.3 Å². The summed E-state index contributed by atoms with van der Waals surface area (Å²) in [5.74, 6) is -0.758. The minimum absolute atomic E-state index is 0.338. The fraction of sp³-hybridized carbons (Fsp3) is 0.455. The zero-order valence-electron chi connectivity index (χ0n) is 10.5. The van der Waals surface area contributed by atoms with Gasteiger partial charge in [0.05, 0.1) is 17.2 Å². The van der Waals surface area contributed by atoms with Crippen LogP contribution in [0.4, 0.5) is 11.4 Å². The molecule has 0 saturated carbocycles. The van der Waals surface area contributed by atoms with Gasteiger partial charge in [0.1, 0.15) is 9.84 Å². The molecule has 0 bridgehead atoms. The molecule has 0 atom stereocenters. The number of nitrogens with zero attached hydrogens (tertiary/aromatic N) is 1. The number of nitrogen functional groups attached to an aromatic ring is 1. The lowest BCUT2D eigenvalue weighted by molar-refractivity contribution is 0.587. The summed E-state index contributed by atoms with van der Waals surface area (Å²) in [5.41, 5.74) is 7.72. The van der Waals surface area contributed by atoms with Crippen molar-refractivity contribution in [1.29, 1.82) is 0 Å². The lowest BCUT2D eigenvalue weighted by Crippen LogP contribution is -2.33. The number of rotatable bonds is 4. The number of nitrogens with two attached hydrogens (primary N) is 1. The number of hydrogen-bond acceptors (Lipinski definition) is 5. The number of sulfone groups is 1. The van der Waals surface area contributed by atoms with E-state index in [0.717, 1.165) is 11.8 Å². The lowest BCUT2D eigenvalue weighted by atomic mass is 10.1. The third kappa shape index (κ3) is 3.19. The van der Waals surface area contributed by atoms with Crippen LogP contribution in [0.2, 0.25) is 0 Å². The van der Waals surface area contributed by atoms with Crippen LogP contribution in [0.15, 0.2) is 18.2 Å². The number of fused-ring (bicyclic) bond motifs is 1. The van der Waals surface area contributed by atoms with Gasteiger partial charge in [-0.1, -0.05) is 0 Å². The van der Waals surface area contributed by atoms with Crippen LogP contribution in [0.5, 0.6) is 0 Å². The molecule has 0 amide bonds. The Bertz CT molecular complexity index is 695. The van der Waals surface area contributed by atoms with E-state index in [1.807, 2.05) is 0 Å². The van der Waals surface area contributed by atoms with Gasteiger partial charge in [-0.15, -0.1) is 0 Å². The summed E-state index contributed by atoms with van der Waals surface area (Å²) < 4.78 is 47.8. The van der Waals surface area contributed by atoms with Gasteiger partial charge in [0, 0.05) is 18.5 Å². The SMILES string of the molecule is CS(=O)(=O)CCS(=O)(=O)N1CCc2cc(N)ccc21. The Morgan fingerprint density at radius 2 is 1.89 bits per heavy atom. The minimum Gasteiger partial charge on any atom is -0.399 e. The Labute approximate surface area is 113 Å². The van der Waals surface area contributed by atoms with E-state index >= 15 is 0 Å². The van der Waals surface area contributed by atoms with Gasteiger partial charge in [-0.2, -0.15) is 0 Å². The highest BCUT2D eigenvalue weighted by Gasteiger charge is 2.29. The summed E-state index contributed by atoms with van der Waals surface area (Å²) in [7, 11) is -6.90. The van der Waals surface area contributed by atoms with Gasteiger partial charge in [-0.3, -0.25) is 4.31 Å². The first kappa shape index (κ1) is 14.1. The predicted molar refractivity (Wildman–Crippen MR) is 75.4 cm³/mol. The second kappa shape index (κ2) is 4.68. The maximum Gasteiger partial charge on any atom is 0.236 e. The molecule has 0 radical (unpaired) electrons. The Hall–Kier alpha value is -1.28. The lowest BCUT2D eigenvalue weighted by Gasteiger charge is -2.19. The molecule has 2 rings (SSSR count). The van der Waals surface area contributed by atoms with Crippen molar-refractivity contribution in [2.75, 3.05) is 34.3 Å². The topological polar surface area (TPSA) is 97.5 Å². The van der Waals surface area contributed by atoms with Crippen LogP contribution in [0.25, 0.3) is 0 Å². The standard InChI is InChI=1S/C11H16N2O4S2/c1-18(14,15)6-7-19(16,17)13-5-4-9-8-10(12)2-3-11(9)13/h2-3,8H,4-7,12H2,1H3. The van der Waals surface area contributed by atoms with E-state index < -0.39 is 25.6 Å². The van der Waals surface area contributed by atoms with Crippen molar-refractivity contribution in [3.05, 3.63) is 23.8 Å². The molecule has 0 spiro atoms. The highest BCUT2D eigenvalue weighted by Crippen LogP contribution is 2.31. The van der Waals surface area contributed by atoms with Gasteiger partial charge in [0.25, 0.3) is 0 Å². The molecule has 0 aromatic heterocycles. The van der Waals surface area contributed by atoms with Gasteiger partial charge < -0.3 is 5.73 Å². The number of sulfonamides is 1. The van der Waals surface area contributed by atoms with Gasteiger partial charge in [0.2, 0.25) is 10.0 Å². The highest BCUT2D eigenvalue weighted by atomic mass is 32.2. The zero-order chi connectivity index (χ0) is 14.3. The molecular formula is C11H16N2O4S2. The van der Waals surface area contributed by atoms with E-state index in [1.165, 1.54) is 4.31 Å². The molecule has 0 aliphatic carbocycles. The Balaban J connectivity index is 2.25. The van der Waals surface area contributed by atoms with E-state index in [-0.39, 0.29) is 5.75 Å². The third-order valence-electron chi connectivity index (χ3n) is 3.00. The average Bonchev–Trinajstić information content (AvgIpc) is 2.69. The molecule has 1 heterocycles. The van der Waals surface area contributed by atoms with Crippen LogP contribution in [-0.4, -0.2) is 41.1 Å². The van der Waals surface area contributed by atoms with Crippen LogP contribution < -0.4 is 10.0 Å². The molecule has 6 nitrogen and oxygen atoms in total. The van der Waals surface area contributed by atoms with Crippen molar-refractivity contribution in [3.63, 3.8) is 0 Å². The van der Waals surface area contributed by atoms with Gasteiger partial charge in [0.15, 0.2) is 0 Å². The number of benzene rings is 1. The summed E-state index contributed by atoms with van der Waals surface area (Å²) in [6.45, 7) is 0.338. The molecule has 8 heteroatoms. The van der Waals surface area contributed by atoms with Crippen LogP contribution in [0, 0.1) is 0 Å². The summed E-state index contributed by atoms with van der Waals surface area (Å²) >= 11 is 0.